The Kier molecular flexibility index (Phi) is 4.79. The molecule has 2 saturated heterocycles. The third-order valence-corrected chi connectivity index (χ3v) is 6.29. The highest BCUT2D eigenvalue weighted by Crippen LogP contribution is 2.52. The van der Waals surface area contributed by atoms with Crippen LogP contribution in [0.25, 0.3) is 0 Å². The van der Waals surface area contributed by atoms with E-state index in [0.29, 0.717) is 10.6 Å². The van der Waals surface area contributed by atoms with Crippen molar-refractivity contribution in [3.8, 4) is 0 Å². The number of carbonyl (C=O) groups excluding carboxylic acids is 2. The van der Waals surface area contributed by atoms with Gasteiger partial charge < -0.3 is 5.11 Å². The van der Waals surface area contributed by atoms with Crippen LogP contribution in [-0.4, -0.2) is 38.9 Å². The molecule has 2 heterocycles. The molecule has 6 nitrogen and oxygen atoms in total. The van der Waals surface area contributed by atoms with Crippen molar-refractivity contribution in [2.24, 2.45) is 11.8 Å². The number of likely N-dealkylation sites (tertiary alicyclic amines) is 1. The molecule has 1 aromatic rings. The zero-order valence-corrected chi connectivity index (χ0v) is 17.4. The van der Waals surface area contributed by atoms with Crippen molar-refractivity contribution in [2.75, 3.05) is 0 Å². The van der Waals surface area contributed by atoms with E-state index in [2.05, 4.69) is 5.32 Å². The molecular weight excluding hydrogens is 415 g/mol. The monoisotopic (exact) mass is 432 g/mol. The van der Waals surface area contributed by atoms with E-state index in [1.807, 2.05) is 0 Å². The molecular formula is C18H19Cl3N2O4. The summed E-state index contributed by atoms with van der Waals surface area (Å²) in [7, 11) is 0. The third kappa shape index (κ3) is 2.94. The smallest absolute Gasteiger partial charge is 0.324 e. The van der Waals surface area contributed by atoms with Gasteiger partial charge in [-0.3, -0.25) is 24.6 Å². The topological polar surface area (TPSA) is 86.7 Å². The number of imide groups is 1. The summed E-state index contributed by atoms with van der Waals surface area (Å²) in [4.78, 5) is 39.4. The molecule has 0 saturated carbocycles. The Morgan fingerprint density at radius 1 is 1.19 bits per heavy atom. The SMILES string of the molecule is CC1(C(=O)O)NC(c2cc(Cl)cc(Cl)c2Cl)C2C(=O)N(C(C)(C)C)C(=O)C21. The minimum Gasteiger partial charge on any atom is -0.480 e. The van der Waals surface area contributed by atoms with Crippen molar-refractivity contribution in [3.63, 3.8) is 0 Å². The van der Waals surface area contributed by atoms with Gasteiger partial charge >= 0.3 is 5.97 Å². The molecule has 0 aromatic heterocycles. The van der Waals surface area contributed by atoms with Crippen LogP contribution >= 0.6 is 34.8 Å². The molecule has 0 aliphatic carbocycles. The van der Waals surface area contributed by atoms with Crippen molar-refractivity contribution >= 4 is 52.6 Å². The van der Waals surface area contributed by atoms with Gasteiger partial charge in [-0.15, -0.1) is 0 Å². The summed E-state index contributed by atoms with van der Waals surface area (Å²) in [6, 6.07) is 2.18. The van der Waals surface area contributed by atoms with Crippen molar-refractivity contribution in [1.29, 1.82) is 0 Å². The van der Waals surface area contributed by atoms with Gasteiger partial charge in [-0.25, -0.2) is 0 Å². The molecule has 1 aromatic carbocycles. The summed E-state index contributed by atoms with van der Waals surface area (Å²) < 4.78 is 0. The Balaban J connectivity index is 2.21. The highest BCUT2D eigenvalue weighted by Gasteiger charge is 2.68. The largest absolute Gasteiger partial charge is 0.480 e. The number of aliphatic carboxylic acids is 1. The highest BCUT2D eigenvalue weighted by molar-refractivity contribution is 6.43. The first-order chi connectivity index (χ1) is 12.3. The van der Waals surface area contributed by atoms with E-state index >= 15 is 0 Å². The number of hydrogen-bond donors (Lipinski definition) is 2. The zero-order chi connectivity index (χ0) is 20.5. The Morgan fingerprint density at radius 3 is 2.30 bits per heavy atom. The fourth-order valence-electron chi connectivity index (χ4n) is 4.07. The summed E-state index contributed by atoms with van der Waals surface area (Å²) >= 11 is 18.5. The normalized spacial score (nSPS) is 30.8. The lowest BCUT2D eigenvalue weighted by molar-refractivity contribution is -0.152. The van der Waals surface area contributed by atoms with E-state index in [4.69, 9.17) is 34.8 Å². The lowest BCUT2D eigenvalue weighted by atomic mass is 9.80. The van der Waals surface area contributed by atoms with E-state index < -0.39 is 46.7 Å². The average Bonchev–Trinajstić information content (AvgIpc) is 2.98. The molecule has 27 heavy (non-hydrogen) atoms. The van der Waals surface area contributed by atoms with Crippen LogP contribution < -0.4 is 5.32 Å². The molecule has 2 amide bonds. The first-order valence-electron chi connectivity index (χ1n) is 8.34. The van der Waals surface area contributed by atoms with E-state index in [1.165, 1.54) is 19.1 Å². The number of halogens is 3. The number of hydrogen-bond acceptors (Lipinski definition) is 4. The molecule has 2 aliphatic heterocycles. The minimum absolute atomic E-state index is 0.168. The fraction of sp³-hybridized carbons (Fsp3) is 0.500. The standard InChI is InChI=1S/C18H19Cl3N2O4/c1-17(2,3)23-14(24)10-11(15(23)25)18(4,16(26)27)22-13(10)8-5-7(19)6-9(20)12(8)21/h5-6,10-11,13,22H,1-4H3,(H,26,27). The lowest BCUT2D eigenvalue weighted by Crippen LogP contribution is -2.55. The first kappa shape index (κ1) is 20.4. The molecule has 9 heteroatoms. The van der Waals surface area contributed by atoms with Gasteiger partial charge in [0.1, 0.15) is 5.54 Å². The number of amides is 2. The maximum Gasteiger partial charge on any atom is 0.324 e. The molecule has 2 fully saturated rings. The van der Waals surface area contributed by atoms with Crippen LogP contribution in [0.1, 0.15) is 39.3 Å². The quantitative estimate of drug-likeness (QED) is 0.550. The lowest BCUT2D eigenvalue weighted by Gasteiger charge is -2.34. The first-order valence-corrected chi connectivity index (χ1v) is 9.47. The van der Waals surface area contributed by atoms with Gasteiger partial charge in [0, 0.05) is 16.6 Å². The summed E-state index contributed by atoms with van der Waals surface area (Å²) in [6.07, 6.45) is 0. The van der Waals surface area contributed by atoms with E-state index in [9.17, 15) is 19.5 Å². The second-order valence-corrected chi connectivity index (χ2v) is 9.33. The van der Waals surface area contributed by atoms with Crippen molar-refractivity contribution < 1.29 is 19.5 Å². The number of carbonyl (C=O) groups is 3. The second kappa shape index (κ2) is 6.34. The van der Waals surface area contributed by atoms with Gasteiger partial charge in [0.15, 0.2) is 0 Å². The maximum absolute atomic E-state index is 13.2. The predicted molar refractivity (Wildman–Crippen MR) is 102 cm³/mol. The fourth-order valence-corrected chi connectivity index (χ4v) is 4.80. The Bertz CT molecular complexity index is 867. The number of nitrogens with one attached hydrogen (secondary N) is 1. The van der Waals surface area contributed by atoms with E-state index in [0.717, 1.165) is 4.90 Å². The Hall–Kier alpha value is -1.34. The molecule has 4 unspecified atom stereocenters. The summed E-state index contributed by atoms with van der Waals surface area (Å²) in [5.74, 6) is -4.17. The predicted octanol–water partition coefficient (Wildman–Crippen LogP) is 3.53. The van der Waals surface area contributed by atoms with Gasteiger partial charge in [-0.05, 0) is 45.4 Å². The van der Waals surface area contributed by atoms with Gasteiger partial charge in [0.2, 0.25) is 11.8 Å². The van der Waals surface area contributed by atoms with Crippen LogP contribution in [0.2, 0.25) is 15.1 Å². The van der Waals surface area contributed by atoms with Crippen LogP contribution in [0, 0.1) is 11.8 Å². The maximum atomic E-state index is 13.2. The minimum atomic E-state index is -1.64. The van der Waals surface area contributed by atoms with Crippen LogP contribution in [0.5, 0.6) is 0 Å². The Labute approximate surface area is 171 Å². The molecule has 0 radical (unpaired) electrons. The van der Waals surface area contributed by atoms with Crippen molar-refractivity contribution in [3.05, 3.63) is 32.8 Å². The van der Waals surface area contributed by atoms with Crippen LogP contribution in [-0.2, 0) is 14.4 Å². The zero-order valence-electron chi connectivity index (χ0n) is 15.1. The number of carboxylic acids is 1. The van der Waals surface area contributed by atoms with Gasteiger partial charge in [0.05, 0.1) is 21.9 Å². The number of fused-ring (bicyclic) bond motifs is 1. The molecule has 146 valence electrons. The number of benzene rings is 1. The molecule has 4 atom stereocenters. The summed E-state index contributed by atoms with van der Waals surface area (Å²) in [5, 5.41) is 13.4. The molecule has 3 rings (SSSR count). The van der Waals surface area contributed by atoms with Gasteiger partial charge in [-0.1, -0.05) is 34.8 Å². The van der Waals surface area contributed by atoms with Crippen LogP contribution in [0.3, 0.4) is 0 Å². The van der Waals surface area contributed by atoms with E-state index in [-0.39, 0.29) is 10.0 Å². The number of carboxylic acid groups (broad SMARTS) is 1. The molecule has 2 N–H and O–H groups in total. The molecule has 0 bridgehead atoms. The Morgan fingerprint density at radius 2 is 1.78 bits per heavy atom. The van der Waals surface area contributed by atoms with Crippen LogP contribution in [0.15, 0.2) is 12.1 Å². The highest BCUT2D eigenvalue weighted by atomic mass is 35.5. The molecule has 2 aliphatic rings. The average molecular weight is 434 g/mol. The van der Waals surface area contributed by atoms with Crippen molar-refractivity contribution in [2.45, 2.75) is 44.8 Å². The van der Waals surface area contributed by atoms with Crippen molar-refractivity contribution in [1.82, 2.24) is 10.2 Å². The van der Waals surface area contributed by atoms with Gasteiger partial charge in [-0.2, -0.15) is 0 Å². The number of rotatable bonds is 2. The van der Waals surface area contributed by atoms with Crippen LogP contribution in [0.4, 0.5) is 0 Å². The second-order valence-electron chi connectivity index (χ2n) is 8.11. The van der Waals surface area contributed by atoms with E-state index in [1.54, 1.807) is 20.8 Å². The van der Waals surface area contributed by atoms with Gasteiger partial charge in [0.25, 0.3) is 0 Å². The third-order valence-electron chi connectivity index (χ3n) is 5.26. The number of nitrogens with zero attached hydrogens (tertiary/aromatic N) is 1. The summed E-state index contributed by atoms with van der Waals surface area (Å²) in [5.41, 5.74) is -2.02. The molecule has 0 spiro atoms. The summed E-state index contributed by atoms with van der Waals surface area (Å²) in [6.45, 7) is 6.60.